The molecule has 3 N–H and O–H groups in total. The number of nitrogens with zero attached hydrogens (tertiary/aromatic N) is 1. The molecule has 2 aromatic carbocycles. The smallest absolute Gasteiger partial charge is 0.247 e. The Hall–Kier alpha value is -3.24. The average molecular weight is 569 g/mol. The van der Waals surface area contributed by atoms with Gasteiger partial charge in [0.2, 0.25) is 27.7 Å². The first kappa shape index (κ1) is 29.7. The van der Waals surface area contributed by atoms with Crippen molar-refractivity contribution in [3.05, 3.63) is 65.2 Å². The molecule has 0 spiro atoms. The minimum atomic E-state index is -3.70. The number of hydrogen-bond donors (Lipinski definition) is 3. The van der Waals surface area contributed by atoms with E-state index in [2.05, 4.69) is 15.4 Å². The minimum Gasteiger partial charge on any atom is -0.349 e. The SMILES string of the molecule is CC[C@@H](C)[C@@H]1C(=O)NC(C2Cc3ccccc3C2)C(=O)N1C(C(=O)NC(C)(C)C)c1ccc(S(=O)(=O)NC)cc1. The number of fused-ring (bicyclic) bond motifs is 1. The largest absolute Gasteiger partial charge is 0.349 e. The topological polar surface area (TPSA) is 125 Å². The Bertz CT molecular complexity index is 1360. The normalized spacial score (nSPS) is 21.5. The van der Waals surface area contributed by atoms with Gasteiger partial charge < -0.3 is 15.5 Å². The second kappa shape index (κ2) is 11.3. The third kappa shape index (κ3) is 5.93. The van der Waals surface area contributed by atoms with Crippen molar-refractivity contribution < 1.29 is 22.8 Å². The number of piperazine rings is 1. The first-order valence-electron chi connectivity index (χ1n) is 13.8. The highest BCUT2D eigenvalue weighted by atomic mass is 32.2. The van der Waals surface area contributed by atoms with Gasteiger partial charge in [0, 0.05) is 5.54 Å². The van der Waals surface area contributed by atoms with Crippen LogP contribution in [0, 0.1) is 11.8 Å². The quantitative estimate of drug-likeness (QED) is 0.452. The van der Waals surface area contributed by atoms with Gasteiger partial charge in [0.05, 0.1) is 4.90 Å². The van der Waals surface area contributed by atoms with Crippen molar-refractivity contribution >= 4 is 27.7 Å². The molecule has 3 amide bonds. The molecule has 0 aromatic heterocycles. The van der Waals surface area contributed by atoms with Crippen LogP contribution < -0.4 is 15.4 Å². The average Bonchev–Trinajstić information content (AvgIpc) is 3.33. The van der Waals surface area contributed by atoms with Crippen LogP contribution in [0.1, 0.15) is 63.8 Å². The third-order valence-electron chi connectivity index (χ3n) is 7.92. The number of amides is 3. The molecular weight excluding hydrogens is 528 g/mol. The zero-order valence-corrected chi connectivity index (χ0v) is 24.8. The molecule has 0 bridgehead atoms. The molecule has 0 radical (unpaired) electrons. The molecule has 2 unspecified atom stereocenters. The number of carbonyl (C=O) groups is 3. The highest BCUT2D eigenvalue weighted by Gasteiger charge is 2.50. The maximum absolute atomic E-state index is 14.4. The molecule has 10 heteroatoms. The summed E-state index contributed by atoms with van der Waals surface area (Å²) in [6.45, 7) is 9.39. The van der Waals surface area contributed by atoms with Gasteiger partial charge in [-0.15, -0.1) is 0 Å². The second-order valence-electron chi connectivity index (χ2n) is 11.9. The van der Waals surface area contributed by atoms with Crippen molar-refractivity contribution in [3.63, 3.8) is 0 Å². The van der Waals surface area contributed by atoms with Crippen LogP contribution in [0.25, 0.3) is 0 Å². The first-order valence-corrected chi connectivity index (χ1v) is 15.3. The van der Waals surface area contributed by atoms with Gasteiger partial charge >= 0.3 is 0 Å². The van der Waals surface area contributed by atoms with Crippen molar-refractivity contribution in [2.24, 2.45) is 11.8 Å². The maximum Gasteiger partial charge on any atom is 0.247 e. The van der Waals surface area contributed by atoms with E-state index in [9.17, 15) is 22.8 Å². The van der Waals surface area contributed by atoms with E-state index in [1.807, 2.05) is 58.9 Å². The van der Waals surface area contributed by atoms with Crippen LogP contribution in [-0.2, 0) is 37.2 Å². The predicted molar refractivity (Wildman–Crippen MR) is 153 cm³/mol. The summed E-state index contributed by atoms with van der Waals surface area (Å²) in [5.74, 6) is -1.37. The van der Waals surface area contributed by atoms with Crippen LogP contribution in [0.15, 0.2) is 53.4 Å². The van der Waals surface area contributed by atoms with Gasteiger partial charge in [0.1, 0.15) is 18.1 Å². The van der Waals surface area contributed by atoms with Gasteiger partial charge in [-0.1, -0.05) is 56.7 Å². The molecule has 2 aromatic rings. The molecule has 9 nitrogen and oxygen atoms in total. The molecule has 40 heavy (non-hydrogen) atoms. The Balaban J connectivity index is 1.80. The van der Waals surface area contributed by atoms with Crippen molar-refractivity contribution in [2.45, 2.75) is 82.4 Å². The van der Waals surface area contributed by atoms with Gasteiger partial charge in [-0.05, 0) is 81.3 Å². The number of sulfonamides is 1. The summed E-state index contributed by atoms with van der Waals surface area (Å²) in [6.07, 6.45) is 1.93. The van der Waals surface area contributed by atoms with E-state index in [-0.39, 0.29) is 28.5 Å². The lowest BCUT2D eigenvalue weighted by molar-refractivity contribution is -0.159. The Morgan fingerprint density at radius 3 is 2.12 bits per heavy atom. The number of benzene rings is 2. The zero-order chi connectivity index (χ0) is 29.4. The lowest BCUT2D eigenvalue weighted by Crippen LogP contribution is -2.68. The maximum atomic E-state index is 14.4. The summed E-state index contributed by atoms with van der Waals surface area (Å²) >= 11 is 0. The molecule has 4 atom stereocenters. The zero-order valence-electron chi connectivity index (χ0n) is 24.0. The fourth-order valence-corrected chi connectivity index (χ4v) is 6.47. The van der Waals surface area contributed by atoms with E-state index in [0.717, 1.165) is 11.1 Å². The van der Waals surface area contributed by atoms with Gasteiger partial charge in [-0.3, -0.25) is 14.4 Å². The lowest BCUT2D eigenvalue weighted by atomic mass is 9.85. The molecule has 1 saturated heterocycles. The fourth-order valence-electron chi connectivity index (χ4n) is 5.74. The molecule has 2 aliphatic rings. The minimum absolute atomic E-state index is 0.0384. The lowest BCUT2D eigenvalue weighted by Gasteiger charge is -2.46. The summed E-state index contributed by atoms with van der Waals surface area (Å²) in [4.78, 5) is 43.6. The van der Waals surface area contributed by atoms with Crippen LogP contribution in [-0.4, -0.2) is 55.7 Å². The summed E-state index contributed by atoms with van der Waals surface area (Å²) in [5, 5.41) is 6.01. The highest BCUT2D eigenvalue weighted by Crippen LogP contribution is 2.36. The van der Waals surface area contributed by atoms with Crippen molar-refractivity contribution in [2.75, 3.05) is 7.05 Å². The monoisotopic (exact) mass is 568 g/mol. The van der Waals surface area contributed by atoms with E-state index in [0.29, 0.717) is 24.8 Å². The van der Waals surface area contributed by atoms with E-state index in [1.54, 1.807) is 12.1 Å². The fraction of sp³-hybridized carbons (Fsp3) is 0.500. The summed E-state index contributed by atoms with van der Waals surface area (Å²) in [6, 6.07) is 11.2. The number of rotatable bonds is 8. The van der Waals surface area contributed by atoms with Gasteiger partial charge in [-0.2, -0.15) is 0 Å². The Morgan fingerprint density at radius 2 is 1.62 bits per heavy atom. The molecule has 216 valence electrons. The van der Waals surface area contributed by atoms with Crippen LogP contribution in [0.3, 0.4) is 0 Å². The molecule has 1 heterocycles. The van der Waals surface area contributed by atoms with E-state index >= 15 is 0 Å². The Labute approximate surface area is 237 Å². The van der Waals surface area contributed by atoms with Crippen LogP contribution in [0.5, 0.6) is 0 Å². The second-order valence-corrected chi connectivity index (χ2v) is 13.8. The molecule has 4 rings (SSSR count). The van der Waals surface area contributed by atoms with Crippen molar-refractivity contribution in [3.8, 4) is 0 Å². The standard InChI is InChI=1S/C30H40N4O5S/c1-7-18(2)25-27(35)32-24(22-16-20-10-8-9-11-21(20)17-22)29(37)34(25)26(28(36)33-30(3,4)5)19-12-14-23(15-13-19)40(38,39)31-6/h8-15,18,22,24-26,31H,7,16-17H2,1-6H3,(H,32,35)(H,33,36)/t18-,24?,25-,26?/m1/s1. The van der Waals surface area contributed by atoms with Crippen LogP contribution in [0.2, 0.25) is 0 Å². The van der Waals surface area contributed by atoms with Gasteiger partial charge in [0.25, 0.3) is 0 Å². The van der Waals surface area contributed by atoms with E-state index < -0.39 is 39.6 Å². The Morgan fingerprint density at radius 1 is 1.05 bits per heavy atom. The van der Waals surface area contributed by atoms with Crippen LogP contribution >= 0.6 is 0 Å². The van der Waals surface area contributed by atoms with Gasteiger partial charge in [-0.25, -0.2) is 13.1 Å². The number of hydrogen-bond acceptors (Lipinski definition) is 5. The molecule has 1 aliphatic carbocycles. The Kier molecular flexibility index (Phi) is 8.42. The predicted octanol–water partition coefficient (Wildman–Crippen LogP) is 2.71. The first-order chi connectivity index (χ1) is 18.8. The highest BCUT2D eigenvalue weighted by molar-refractivity contribution is 7.89. The van der Waals surface area contributed by atoms with E-state index in [4.69, 9.17) is 0 Å². The molecule has 1 fully saturated rings. The van der Waals surface area contributed by atoms with E-state index in [1.165, 1.54) is 24.1 Å². The number of carbonyl (C=O) groups excluding carboxylic acids is 3. The van der Waals surface area contributed by atoms with Gasteiger partial charge in [0.15, 0.2) is 0 Å². The molecule has 1 aliphatic heterocycles. The summed E-state index contributed by atoms with van der Waals surface area (Å²) < 4.78 is 27.0. The van der Waals surface area contributed by atoms with Crippen LogP contribution in [0.4, 0.5) is 0 Å². The van der Waals surface area contributed by atoms with Crippen molar-refractivity contribution in [1.29, 1.82) is 0 Å². The summed E-state index contributed by atoms with van der Waals surface area (Å²) in [5.41, 5.74) is 2.15. The third-order valence-corrected chi connectivity index (χ3v) is 9.35. The van der Waals surface area contributed by atoms with Crippen molar-refractivity contribution in [1.82, 2.24) is 20.3 Å². The molecule has 0 saturated carbocycles. The molecular formula is C30H40N4O5S. The summed E-state index contributed by atoms with van der Waals surface area (Å²) in [7, 11) is -2.38. The number of nitrogens with one attached hydrogen (secondary N) is 3.